The second-order valence-corrected chi connectivity index (χ2v) is 5.30. The summed E-state index contributed by atoms with van der Waals surface area (Å²) >= 11 is 0. The summed E-state index contributed by atoms with van der Waals surface area (Å²) in [6.45, 7) is 3.72. The van der Waals surface area contributed by atoms with Crippen LogP contribution in [0.25, 0.3) is 0 Å². The maximum atomic E-state index is 14.5. The van der Waals surface area contributed by atoms with Crippen molar-refractivity contribution in [2.24, 2.45) is 0 Å². The lowest BCUT2D eigenvalue weighted by molar-refractivity contribution is 0.150. The van der Waals surface area contributed by atoms with E-state index in [4.69, 9.17) is 14.2 Å². The molecule has 132 valence electrons. The number of aromatic amines is 1. The molecule has 0 fully saturated rings. The topological polar surface area (TPSA) is 59.6 Å². The quantitative estimate of drug-likeness (QED) is 0.713. The summed E-state index contributed by atoms with van der Waals surface area (Å²) in [6, 6.07) is 3.15. The first kappa shape index (κ1) is 18.1. The van der Waals surface area contributed by atoms with Gasteiger partial charge in [-0.3, -0.25) is 0 Å². The third-order valence-electron chi connectivity index (χ3n) is 3.64. The number of nitrogens with one attached hydrogen (secondary N) is 1. The van der Waals surface area contributed by atoms with E-state index < -0.39 is 5.82 Å². The van der Waals surface area contributed by atoms with Crippen molar-refractivity contribution in [3.63, 3.8) is 0 Å². The van der Waals surface area contributed by atoms with Crippen LogP contribution < -0.4 is 14.4 Å². The number of hydrogen-bond acceptors (Lipinski definition) is 5. The molecule has 0 spiro atoms. The molecule has 1 heterocycles. The van der Waals surface area contributed by atoms with E-state index >= 15 is 0 Å². The van der Waals surface area contributed by atoms with Gasteiger partial charge in [0.15, 0.2) is 11.6 Å². The Morgan fingerprint density at radius 2 is 2.04 bits per heavy atom. The molecule has 0 bridgehead atoms. The Morgan fingerprint density at radius 3 is 2.71 bits per heavy atom. The minimum Gasteiger partial charge on any atom is -0.497 e. The molecule has 0 radical (unpaired) electrons. The number of halogens is 1. The highest BCUT2D eigenvalue weighted by Crippen LogP contribution is 2.33. The normalized spacial score (nSPS) is 10.7. The molecule has 0 aliphatic carbocycles. The minimum atomic E-state index is -0.427. The van der Waals surface area contributed by atoms with Crippen LogP contribution in [0.5, 0.6) is 11.5 Å². The summed E-state index contributed by atoms with van der Waals surface area (Å²) in [7, 11) is 4.76. The highest BCUT2D eigenvalue weighted by molar-refractivity contribution is 5.56. The zero-order chi connectivity index (χ0) is 17.5. The molecule has 6 nitrogen and oxygen atoms in total. The van der Waals surface area contributed by atoms with Crippen LogP contribution in [0.1, 0.15) is 18.4 Å². The van der Waals surface area contributed by atoms with Gasteiger partial charge >= 0.3 is 0 Å². The molecule has 7 heteroatoms. The predicted octanol–water partition coefficient (Wildman–Crippen LogP) is 2.78. The summed E-state index contributed by atoms with van der Waals surface area (Å²) < 4.78 is 30.1. The number of rotatable bonds is 9. The monoisotopic (exact) mass is 337 g/mol. The van der Waals surface area contributed by atoms with Crippen LogP contribution in [0.4, 0.5) is 10.1 Å². The number of anilines is 1. The summed E-state index contributed by atoms with van der Waals surface area (Å²) in [4.78, 5) is 9.37. The van der Waals surface area contributed by atoms with E-state index in [2.05, 4.69) is 9.97 Å². The van der Waals surface area contributed by atoms with Crippen molar-refractivity contribution in [3.05, 3.63) is 35.7 Å². The fraction of sp³-hybridized carbons (Fsp3) is 0.471. The van der Waals surface area contributed by atoms with E-state index in [9.17, 15) is 4.39 Å². The van der Waals surface area contributed by atoms with Crippen molar-refractivity contribution in [3.8, 4) is 11.5 Å². The van der Waals surface area contributed by atoms with E-state index in [1.165, 1.54) is 20.3 Å². The lowest BCUT2D eigenvalue weighted by Gasteiger charge is -2.20. The lowest BCUT2D eigenvalue weighted by Crippen LogP contribution is -2.19. The second-order valence-electron chi connectivity index (χ2n) is 5.30. The van der Waals surface area contributed by atoms with Crippen molar-refractivity contribution in [1.29, 1.82) is 0 Å². The number of imidazole rings is 1. The highest BCUT2D eigenvalue weighted by Gasteiger charge is 2.16. The third kappa shape index (κ3) is 4.38. The molecule has 1 N–H and O–H groups in total. The number of hydrogen-bond donors (Lipinski definition) is 1. The van der Waals surface area contributed by atoms with E-state index in [1.807, 2.05) is 13.1 Å². The van der Waals surface area contributed by atoms with Crippen molar-refractivity contribution in [2.45, 2.75) is 19.9 Å². The molecule has 0 aliphatic rings. The Balaban J connectivity index is 2.10. The molecule has 0 unspecified atom stereocenters. The van der Waals surface area contributed by atoms with Crippen molar-refractivity contribution in [1.82, 2.24) is 9.97 Å². The van der Waals surface area contributed by atoms with E-state index in [0.717, 1.165) is 17.9 Å². The average Bonchev–Trinajstić information content (AvgIpc) is 3.02. The summed E-state index contributed by atoms with van der Waals surface area (Å²) in [5.41, 5.74) is 1.31. The average molecular weight is 337 g/mol. The van der Waals surface area contributed by atoms with E-state index in [1.54, 1.807) is 18.0 Å². The Kier molecular flexibility index (Phi) is 6.43. The number of benzene rings is 1. The van der Waals surface area contributed by atoms with Crippen LogP contribution in [0.2, 0.25) is 0 Å². The number of H-pyrrole nitrogens is 1. The van der Waals surface area contributed by atoms with E-state index in [-0.39, 0.29) is 5.75 Å². The molecule has 0 aliphatic heterocycles. The second kappa shape index (κ2) is 8.54. The van der Waals surface area contributed by atoms with Gasteiger partial charge in [0.25, 0.3) is 0 Å². The standard InChI is InChI=1S/C17H24FN3O3/c1-5-24-7-6-12-10-19-16(20-12)11-21(2)14-8-13(22-3)9-15(23-4)17(14)18/h8-10H,5-7,11H2,1-4H3,(H,19,20). The maximum absolute atomic E-state index is 14.5. The third-order valence-corrected chi connectivity index (χ3v) is 3.64. The minimum absolute atomic E-state index is 0.146. The van der Waals surface area contributed by atoms with Crippen molar-refractivity contribution in [2.75, 3.05) is 39.4 Å². The zero-order valence-electron chi connectivity index (χ0n) is 14.6. The van der Waals surface area contributed by atoms with Crippen LogP contribution in [-0.2, 0) is 17.7 Å². The first-order valence-corrected chi connectivity index (χ1v) is 7.82. The van der Waals surface area contributed by atoms with Gasteiger partial charge in [-0.25, -0.2) is 9.37 Å². The van der Waals surface area contributed by atoms with Gasteiger partial charge in [0.05, 0.1) is 38.8 Å². The van der Waals surface area contributed by atoms with Gasteiger partial charge in [-0.2, -0.15) is 0 Å². The van der Waals surface area contributed by atoms with E-state index in [0.29, 0.717) is 31.2 Å². The maximum Gasteiger partial charge on any atom is 0.188 e. The summed E-state index contributed by atoms with van der Waals surface area (Å²) in [5.74, 6) is 1.01. The van der Waals surface area contributed by atoms with Crippen molar-refractivity contribution >= 4 is 5.69 Å². The molecule has 0 amide bonds. The molecular weight excluding hydrogens is 313 g/mol. The number of methoxy groups -OCH3 is 2. The van der Waals surface area contributed by atoms with Gasteiger partial charge in [-0.15, -0.1) is 0 Å². The molecule has 0 atom stereocenters. The Hall–Kier alpha value is -2.28. The molecule has 0 saturated heterocycles. The number of ether oxygens (including phenoxy) is 3. The summed E-state index contributed by atoms with van der Waals surface area (Å²) in [6.07, 6.45) is 2.60. The lowest BCUT2D eigenvalue weighted by atomic mass is 10.2. The molecule has 2 rings (SSSR count). The van der Waals surface area contributed by atoms with Gasteiger partial charge in [0.1, 0.15) is 11.6 Å². The first-order chi connectivity index (χ1) is 11.6. The SMILES string of the molecule is CCOCCc1c[nH]c(CN(C)c2cc(OC)cc(OC)c2F)n1. The first-order valence-electron chi connectivity index (χ1n) is 7.82. The Morgan fingerprint density at radius 1 is 1.25 bits per heavy atom. The zero-order valence-corrected chi connectivity index (χ0v) is 14.6. The van der Waals surface area contributed by atoms with Crippen molar-refractivity contribution < 1.29 is 18.6 Å². The Labute approximate surface area is 141 Å². The van der Waals surface area contributed by atoms with Crippen LogP contribution in [0.3, 0.4) is 0 Å². The fourth-order valence-corrected chi connectivity index (χ4v) is 2.35. The van der Waals surface area contributed by atoms with Crippen LogP contribution >= 0.6 is 0 Å². The largest absolute Gasteiger partial charge is 0.497 e. The van der Waals surface area contributed by atoms with Crippen LogP contribution in [0, 0.1) is 5.82 Å². The molecule has 24 heavy (non-hydrogen) atoms. The summed E-state index contributed by atoms with van der Waals surface area (Å²) in [5, 5.41) is 0. The molecule has 1 aromatic heterocycles. The van der Waals surface area contributed by atoms with Crippen LogP contribution in [0.15, 0.2) is 18.3 Å². The molecule has 0 saturated carbocycles. The van der Waals surface area contributed by atoms with Crippen LogP contribution in [-0.4, -0.2) is 44.4 Å². The van der Waals surface area contributed by atoms with Gasteiger partial charge in [0, 0.05) is 38.4 Å². The highest BCUT2D eigenvalue weighted by atomic mass is 19.1. The van der Waals surface area contributed by atoms with Gasteiger partial charge in [-0.05, 0) is 6.92 Å². The van der Waals surface area contributed by atoms with Gasteiger partial charge in [0.2, 0.25) is 0 Å². The number of nitrogens with zero attached hydrogens (tertiary/aromatic N) is 2. The fourth-order valence-electron chi connectivity index (χ4n) is 2.35. The van der Waals surface area contributed by atoms with Gasteiger partial charge < -0.3 is 24.1 Å². The smallest absolute Gasteiger partial charge is 0.188 e. The Bertz CT molecular complexity index is 661. The molecule has 2 aromatic rings. The molecular formula is C17H24FN3O3. The predicted molar refractivity (Wildman–Crippen MR) is 90.4 cm³/mol. The molecule has 1 aromatic carbocycles. The van der Waals surface area contributed by atoms with Gasteiger partial charge in [-0.1, -0.05) is 0 Å². The number of aromatic nitrogens is 2.